The Bertz CT molecular complexity index is 584. The number of nitrogens with zero attached hydrogens (tertiary/aromatic N) is 3. The number of nitrogens with one attached hydrogen (secondary N) is 1. The second-order valence-electron chi connectivity index (χ2n) is 3.17. The molecule has 0 unspecified atom stereocenters. The van der Waals surface area contributed by atoms with E-state index in [0.717, 1.165) is 4.57 Å². The molecule has 2 aromatic heterocycles. The third kappa shape index (κ3) is 2.13. The van der Waals surface area contributed by atoms with Crippen LogP contribution in [0.3, 0.4) is 0 Å². The zero-order valence-corrected chi connectivity index (χ0v) is 9.85. The zero-order chi connectivity index (χ0) is 11.5. The number of aromatic amines is 1. The normalized spacial score (nSPS) is 10.6. The van der Waals surface area contributed by atoms with Crippen molar-refractivity contribution in [2.45, 2.75) is 13.1 Å². The van der Waals surface area contributed by atoms with Crippen LogP contribution in [0.15, 0.2) is 38.7 Å². The lowest BCUT2D eigenvalue weighted by Gasteiger charge is -2.04. The fourth-order valence-corrected chi connectivity index (χ4v) is 1.65. The second kappa shape index (κ2) is 4.48. The summed E-state index contributed by atoms with van der Waals surface area (Å²) in [4.78, 5) is 25.5. The largest absolute Gasteiger partial charge is 0.328 e. The maximum absolute atomic E-state index is 11.6. The van der Waals surface area contributed by atoms with Crippen molar-refractivity contribution < 1.29 is 0 Å². The summed E-state index contributed by atoms with van der Waals surface area (Å²) < 4.78 is 3.13. The molecule has 0 amide bonds. The van der Waals surface area contributed by atoms with Crippen LogP contribution in [0.25, 0.3) is 0 Å². The van der Waals surface area contributed by atoms with E-state index in [2.05, 4.69) is 26.0 Å². The monoisotopic (exact) mass is 284 g/mol. The van der Waals surface area contributed by atoms with Crippen molar-refractivity contribution in [1.29, 1.82) is 0 Å². The number of aromatic nitrogens is 4. The molecular formula is C9H9BrN4O2. The van der Waals surface area contributed by atoms with Gasteiger partial charge in [0.1, 0.15) is 0 Å². The van der Waals surface area contributed by atoms with Crippen LogP contribution in [-0.2, 0) is 13.1 Å². The summed E-state index contributed by atoms with van der Waals surface area (Å²) in [6.07, 6.45) is 4.76. The van der Waals surface area contributed by atoms with E-state index in [4.69, 9.17) is 0 Å². The molecule has 2 aromatic rings. The van der Waals surface area contributed by atoms with E-state index in [1.807, 2.05) is 0 Å². The standard InChI is InChI=1S/C9H9BrN4O2/c10-7-6-11-9(16)14(8(7)15)5-4-13-3-1-2-12-13/h1-3,6H,4-5H2,(H,11,16). The third-order valence-corrected chi connectivity index (χ3v) is 2.70. The van der Waals surface area contributed by atoms with E-state index in [9.17, 15) is 9.59 Å². The average molecular weight is 285 g/mol. The molecule has 84 valence electrons. The predicted molar refractivity (Wildman–Crippen MR) is 61.2 cm³/mol. The van der Waals surface area contributed by atoms with Gasteiger partial charge in [0.15, 0.2) is 0 Å². The molecule has 0 saturated carbocycles. The summed E-state index contributed by atoms with van der Waals surface area (Å²) in [6, 6.07) is 1.79. The Labute approximate surface area is 98.7 Å². The molecule has 0 atom stereocenters. The van der Waals surface area contributed by atoms with Crippen LogP contribution >= 0.6 is 15.9 Å². The smallest absolute Gasteiger partial charge is 0.313 e. The fourth-order valence-electron chi connectivity index (χ4n) is 1.32. The molecule has 0 spiro atoms. The lowest BCUT2D eigenvalue weighted by Crippen LogP contribution is -2.36. The van der Waals surface area contributed by atoms with Crippen LogP contribution in [-0.4, -0.2) is 19.3 Å². The van der Waals surface area contributed by atoms with Gasteiger partial charge in [0.25, 0.3) is 5.56 Å². The molecule has 16 heavy (non-hydrogen) atoms. The van der Waals surface area contributed by atoms with Crippen molar-refractivity contribution in [3.05, 3.63) is 50.0 Å². The second-order valence-corrected chi connectivity index (χ2v) is 4.02. The molecule has 2 heterocycles. The van der Waals surface area contributed by atoms with Gasteiger partial charge in [-0.15, -0.1) is 0 Å². The zero-order valence-electron chi connectivity index (χ0n) is 8.26. The van der Waals surface area contributed by atoms with Gasteiger partial charge in [-0.25, -0.2) is 4.79 Å². The van der Waals surface area contributed by atoms with Crippen LogP contribution in [0, 0.1) is 0 Å². The van der Waals surface area contributed by atoms with Gasteiger partial charge in [-0.1, -0.05) is 0 Å². The maximum atomic E-state index is 11.6. The van der Waals surface area contributed by atoms with Crippen molar-refractivity contribution in [2.75, 3.05) is 0 Å². The number of rotatable bonds is 3. The number of H-pyrrole nitrogens is 1. The number of halogens is 1. The van der Waals surface area contributed by atoms with Gasteiger partial charge in [-0.2, -0.15) is 5.10 Å². The first-order valence-corrected chi connectivity index (χ1v) is 5.43. The number of hydrogen-bond donors (Lipinski definition) is 1. The van der Waals surface area contributed by atoms with E-state index in [1.165, 1.54) is 6.20 Å². The van der Waals surface area contributed by atoms with Gasteiger partial charge in [-0.3, -0.25) is 14.0 Å². The van der Waals surface area contributed by atoms with Gasteiger partial charge in [-0.05, 0) is 22.0 Å². The highest BCUT2D eigenvalue weighted by Crippen LogP contribution is 1.96. The van der Waals surface area contributed by atoms with Crippen molar-refractivity contribution >= 4 is 15.9 Å². The minimum absolute atomic E-state index is 0.287. The van der Waals surface area contributed by atoms with Gasteiger partial charge in [0.05, 0.1) is 17.6 Å². The lowest BCUT2D eigenvalue weighted by atomic mass is 10.5. The van der Waals surface area contributed by atoms with Crippen LogP contribution in [0.5, 0.6) is 0 Å². The van der Waals surface area contributed by atoms with E-state index < -0.39 is 5.69 Å². The first-order valence-electron chi connectivity index (χ1n) is 4.64. The van der Waals surface area contributed by atoms with Crippen LogP contribution in [0.1, 0.15) is 0 Å². The minimum Gasteiger partial charge on any atom is -0.313 e. The highest BCUT2D eigenvalue weighted by Gasteiger charge is 2.04. The summed E-state index contributed by atoms with van der Waals surface area (Å²) in [5.41, 5.74) is -0.753. The molecule has 0 bridgehead atoms. The van der Waals surface area contributed by atoms with E-state index in [0.29, 0.717) is 11.0 Å². The van der Waals surface area contributed by atoms with Gasteiger partial charge >= 0.3 is 5.69 Å². The fraction of sp³-hybridized carbons (Fsp3) is 0.222. The molecule has 7 heteroatoms. The minimum atomic E-state index is -0.416. The average Bonchev–Trinajstić information content (AvgIpc) is 2.77. The molecule has 0 radical (unpaired) electrons. The summed E-state index contributed by atoms with van der Waals surface area (Å²) in [7, 11) is 0. The molecule has 0 saturated heterocycles. The summed E-state index contributed by atoms with van der Waals surface area (Å²) in [5.74, 6) is 0. The molecule has 0 aliphatic carbocycles. The molecule has 6 nitrogen and oxygen atoms in total. The van der Waals surface area contributed by atoms with Gasteiger partial charge in [0.2, 0.25) is 0 Å². The van der Waals surface area contributed by atoms with E-state index in [1.54, 1.807) is 23.1 Å². The molecule has 2 rings (SSSR count). The van der Waals surface area contributed by atoms with Crippen LogP contribution in [0.2, 0.25) is 0 Å². The SMILES string of the molecule is O=c1[nH]cc(Br)c(=O)n1CCn1cccn1. The maximum Gasteiger partial charge on any atom is 0.328 e. The van der Waals surface area contributed by atoms with Crippen LogP contribution in [0.4, 0.5) is 0 Å². The molecule has 1 N–H and O–H groups in total. The van der Waals surface area contributed by atoms with Gasteiger partial charge < -0.3 is 4.98 Å². The summed E-state index contributed by atoms with van der Waals surface area (Å²) in [6.45, 7) is 0.766. The van der Waals surface area contributed by atoms with E-state index in [-0.39, 0.29) is 12.1 Å². The predicted octanol–water partition coefficient (Wildman–Crippen LogP) is 0.196. The number of hydrogen-bond acceptors (Lipinski definition) is 3. The quantitative estimate of drug-likeness (QED) is 0.875. The Morgan fingerprint density at radius 3 is 2.88 bits per heavy atom. The molecule has 0 fully saturated rings. The Hall–Kier alpha value is -1.63. The molecule has 0 aliphatic heterocycles. The van der Waals surface area contributed by atoms with Crippen molar-refractivity contribution in [3.63, 3.8) is 0 Å². The third-order valence-electron chi connectivity index (χ3n) is 2.13. The Kier molecular flexibility index (Phi) is 3.04. The Morgan fingerprint density at radius 1 is 1.38 bits per heavy atom. The van der Waals surface area contributed by atoms with Crippen molar-refractivity contribution in [1.82, 2.24) is 19.3 Å². The van der Waals surface area contributed by atoms with Gasteiger partial charge in [0, 0.05) is 18.6 Å². The topological polar surface area (TPSA) is 72.7 Å². The molecule has 0 aromatic carbocycles. The van der Waals surface area contributed by atoms with Crippen molar-refractivity contribution in [3.8, 4) is 0 Å². The Morgan fingerprint density at radius 2 is 2.19 bits per heavy atom. The van der Waals surface area contributed by atoms with E-state index >= 15 is 0 Å². The first-order chi connectivity index (χ1) is 7.68. The summed E-state index contributed by atoms with van der Waals surface area (Å²) >= 11 is 3.07. The summed E-state index contributed by atoms with van der Waals surface area (Å²) in [5, 5.41) is 3.99. The lowest BCUT2D eigenvalue weighted by molar-refractivity contribution is 0.506. The highest BCUT2D eigenvalue weighted by molar-refractivity contribution is 9.10. The number of aryl methyl sites for hydroxylation is 1. The highest BCUT2D eigenvalue weighted by atomic mass is 79.9. The molecule has 0 aliphatic rings. The Balaban J connectivity index is 2.25. The first kappa shape index (κ1) is 10.9. The molecular weight excluding hydrogens is 276 g/mol. The van der Waals surface area contributed by atoms with Crippen molar-refractivity contribution in [2.24, 2.45) is 0 Å². The van der Waals surface area contributed by atoms with Crippen LogP contribution < -0.4 is 11.2 Å².